The first-order valence-corrected chi connectivity index (χ1v) is 11.8. The predicted octanol–water partition coefficient (Wildman–Crippen LogP) is 4.92. The average molecular weight is 446 g/mol. The lowest BCUT2D eigenvalue weighted by Gasteiger charge is -2.21. The van der Waals surface area contributed by atoms with Crippen LogP contribution in [-0.2, 0) is 11.3 Å². The Labute approximate surface area is 191 Å². The van der Waals surface area contributed by atoms with Gasteiger partial charge in [0.1, 0.15) is 10.8 Å². The van der Waals surface area contributed by atoms with Crippen LogP contribution < -0.4 is 11.1 Å². The minimum absolute atomic E-state index is 0.506. The monoisotopic (exact) mass is 445 g/mol. The second-order valence-corrected chi connectivity index (χ2v) is 9.35. The molecule has 0 atom stereocenters. The number of nitrogens with zero attached hydrogens (tertiary/aromatic N) is 3. The van der Waals surface area contributed by atoms with E-state index in [-0.39, 0.29) is 0 Å². The zero-order valence-corrected chi connectivity index (χ0v) is 19.2. The lowest BCUT2D eigenvalue weighted by molar-refractivity contribution is 0.0858. The highest BCUT2D eigenvalue weighted by molar-refractivity contribution is 7.15. The van der Waals surface area contributed by atoms with Crippen molar-refractivity contribution in [2.75, 3.05) is 26.0 Å². The first-order chi connectivity index (χ1) is 15.6. The number of thiazole rings is 1. The summed E-state index contributed by atoms with van der Waals surface area (Å²) in [6, 6.07) is 8.50. The number of aryl methyl sites for hydroxylation is 1. The fraction of sp³-hybridized carbons (Fsp3) is 0.320. The molecule has 0 amide bonds. The number of nitrogens with two attached hydrogens (primary N) is 1. The van der Waals surface area contributed by atoms with Crippen LogP contribution in [0, 0.1) is 6.92 Å². The van der Waals surface area contributed by atoms with E-state index in [4.69, 9.17) is 15.5 Å². The number of pyridine rings is 2. The summed E-state index contributed by atoms with van der Waals surface area (Å²) in [7, 11) is 1.97. The Morgan fingerprint density at radius 3 is 2.72 bits per heavy atom. The zero-order chi connectivity index (χ0) is 22.1. The summed E-state index contributed by atoms with van der Waals surface area (Å²) >= 11 is 1.78. The summed E-state index contributed by atoms with van der Waals surface area (Å²) in [4.78, 5) is 15.3. The van der Waals surface area contributed by atoms with Crippen molar-refractivity contribution in [1.82, 2.24) is 20.3 Å². The lowest BCUT2D eigenvalue weighted by Crippen LogP contribution is -2.16. The third-order valence-corrected chi connectivity index (χ3v) is 7.31. The molecule has 0 unspecified atom stereocenters. The topological polar surface area (TPSA) is 86.0 Å². The Hall–Kier alpha value is -2.87. The molecule has 4 heterocycles. The van der Waals surface area contributed by atoms with Gasteiger partial charge < -0.3 is 15.8 Å². The molecule has 1 fully saturated rings. The van der Waals surface area contributed by atoms with Crippen LogP contribution in [0.4, 0.5) is 5.82 Å². The third kappa shape index (κ3) is 3.99. The van der Waals surface area contributed by atoms with Gasteiger partial charge in [0.25, 0.3) is 0 Å². The van der Waals surface area contributed by atoms with Crippen LogP contribution in [0.3, 0.4) is 0 Å². The van der Waals surface area contributed by atoms with E-state index in [0.717, 1.165) is 76.3 Å². The highest BCUT2D eigenvalue weighted by atomic mass is 32.1. The molecule has 1 aliphatic rings. The predicted molar refractivity (Wildman–Crippen MR) is 131 cm³/mol. The highest BCUT2D eigenvalue weighted by Gasteiger charge is 2.24. The molecule has 4 aromatic rings. The summed E-state index contributed by atoms with van der Waals surface area (Å²) < 4.78 is 5.58. The van der Waals surface area contributed by atoms with E-state index in [2.05, 4.69) is 39.6 Å². The van der Waals surface area contributed by atoms with Crippen LogP contribution >= 0.6 is 11.3 Å². The van der Waals surface area contributed by atoms with Gasteiger partial charge in [-0.05, 0) is 61.4 Å². The molecule has 1 aliphatic heterocycles. The maximum atomic E-state index is 6.31. The molecule has 0 saturated carbocycles. The fourth-order valence-corrected chi connectivity index (χ4v) is 5.65. The van der Waals surface area contributed by atoms with Gasteiger partial charge in [-0.25, -0.2) is 9.97 Å². The highest BCUT2D eigenvalue weighted by Crippen LogP contribution is 2.40. The number of aromatic nitrogens is 3. The molecule has 1 aromatic carbocycles. The molecule has 1 saturated heterocycles. The van der Waals surface area contributed by atoms with Crippen molar-refractivity contribution < 1.29 is 4.74 Å². The van der Waals surface area contributed by atoms with Crippen molar-refractivity contribution >= 4 is 27.9 Å². The molecule has 32 heavy (non-hydrogen) atoms. The van der Waals surface area contributed by atoms with Crippen molar-refractivity contribution in [1.29, 1.82) is 0 Å². The maximum absolute atomic E-state index is 6.31. The quantitative estimate of drug-likeness (QED) is 0.453. The Balaban J connectivity index is 1.60. The summed E-state index contributed by atoms with van der Waals surface area (Å²) in [5, 5.41) is 6.29. The molecule has 0 bridgehead atoms. The van der Waals surface area contributed by atoms with E-state index in [1.54, 1.807) is 11.3 Å². The normalized spacial score (nSPS) is 14.8. The van der Waals surface area contributed by atoms with Crippen LogP contribution in [0.25, 0.3) is 32.5 Å². The molecule has 0 radical (unpaired) electrons. The van der Waals surface area contributed by atoms with Gasteiger partial charge in [-0.1, -0.05) is 12.1 Å². The number of anilines is 1. The number of nitrogens with one attached hydrogen (secondary N) is 1. The molecular formula is C25H27N5OS. The minimum Gasteiger partial charge on any atom is -0.383 e. The molecule has 3 aromatic heterocycles. The Morgan fingerprint density at radius 2 is 1.94 bits per heavy atom. The van der Waals surface area contributed by atoms with Gasteiger partial charge in [0, 0.05) is 59.7 Å². The molecule has 0 spiro atoms. The van der Waals surface area contributed by atoms with E-state index in [1.165, 1.54) is 4.88 Å². The molecule has 6 nitrogen and oxygen atoms in total. The second kappa shape index (κ2) is 8.94. The number of hydrogen-bond acceptors (Lipinski definition) is 7. The second-order valence-electron chi connectivity index (χ2n) is 8.32. The van der Waals surface area contributed by atoms with Gasteiger partial charge in [0.15, 0.2) is 0 Å². The Bertz CT molecular complexity index is 1260. The largest absolute Gasteiger partial charge is 0.383 e. The molecule has 5 rings (SSSR count). The summed E-state index contributed by atoms with van der Waals surface area (Å²) in [6.45, 7) is 4.44. The van der Waals surface area contributed by atoms with Crippen LogP contribution in [0.2, 0.25) is 0 Å². The van der Waals surface area contributed by atoms with Gasteiger partial charge in [0.05, 0.1) is 5.69 Å². The van der Waals surface area contributed by atoms with Crippen LogP contribution in [0.1, 0.15) is 34.9 Å². The zero-order valence-electron chi connectivity index (χ0n) is 18.4. The lowest BCUT2D eigenvalue weighted by atomic mass is 9.97. The number of benzene rings is 1. The van der Waals surface area contributed by atoms with Crippen LogP contribution in [0.5, 0.6) is 0 Å². The van der Waals surface area contributed by atoms with Gasteiger partial charge >= 0.3 is 0 Å². The first kappa shape index (κ1) is 21.0. The number of fused-ring (bicyclic) bond motifs is 1. The smallest absolute Gasteiger partial charge is 0.131 e. The van der Waals surface area contributed by atoms with E-state index >= 15 is 0 Å². The maximum Gasteiger partial charge on any atom is 0.131 e. The Morgan fingerprint density at radius 1 is 1.09 bits per heavy atom. The van der Waals surface area contributed by atoms with Crippen molar-refractivity contribution in [2.24, 2.45) is 0 Å². The van der Waals surface area contributed by atoms with Crippen LogP contribution in [-0.4, -0.2) is 35.2 Å². The number of nitrogen functional groups attached to an aromatic ring is 1. The molecular weight excluding hydrogens is 418 g/mol. The van der Waals surface area contributed by atoms with E-state index < -0.39 is 0 Å². The van der Waals surface area contributed by atoms with Crippen LogP contribution in [0.15, 0.2) is 42.9 Å². The van der Waals surface area contributed by atoms with E-state index in [9.17, 15) is 0 Å². The molecule has 0 aliphatic carbocycles. The van der Waals surface area contributed by atoms with Gasteiger partial charge in [-0.2, -0.15) is 0 Å². The number of ether oxygens (including phenoxy) is 1. The van der Waals surface area contributed by atoms with Crippen molar-refractivity contribution in [3.8, 4) is 21.7 Å². The van der Waals surface area contributed by atoms with Gasteiger partial charge in [0.2, 0.25) is 0 Å². The summed E-state index contributed by atoms with van der Waals surface area (Å²) in [5.74, 6) is 1.04. The SMILES string of the molecule is CNCc1nc(-c2cnc(N)c3cc(-c4cncc(C)c4)ccc23)sc1C1CCOCC1. The standard InChI is InChI=1S/C25H27N5OS/c1-15-9-18(12-28-11-15)17-3-4-19-20(10-17)24(26)29-13-21(19)25-30-22(14-27-2)23(32-25)16-5-7-31-8-6-16/h3-4,9-13,16,27H,5-8,14H2,1-2H3,(H2,26,29). The number of hydrogen-bond donors (Lipinski definition) is 2. The van der Waals surface area contributed by atoms with Crippen molar-refractivity contribution in [3.05, 3.63) is 59.0 Å². The fourth-order valence-electron chi connectivity index (χ4n) is 4.38. The van der Waals surface area contributed by atoms with Crippen molar-refractivity contribution in [3.63, 3.8) is 0 Å². The van der Waals surface area contributed by atoms with Crippen molar-refractivity contribution in [2.45, 2.75) is 32.2 Å². The number of rotatable bonds is 5. The van der Waals surface area contributed by atoms with Gasteiger partial charge in [-0.15, -0.1) is 11.3 Å². The summed E-state index contributed by atoms with van der Waals surface area (Å²) in [5.41, 5.74) is 11.8. The van der Waals surface area contributed by atoms with E-state index in [1.807, 2.05) is 32.6 Å². The average Bonchev–Trinajstić information content (AvgIpc) is 3.24. The first-order valence-electron chi connectivity index (χ1n) is 11.0. The summed E-state index contributed by atoms with van der Waals surface area (Å²) in [6.07, 6.45) is 7.70. The Kier molecular flexibility index (Phi) is 5.87. The minimum atomic E-state index is 0.506. The molecule has 7 heteroatoms. The molecule has 3 N–H and O–H groups in total. The van der Waals surface area contributed by atoms with E-state index in [0.29, 0.717) is 11.7 Å². The molecule has 164 valence electrons. The third-order valence-electron chi connectivity index (χ3n) is 6.02. The van der Waals surface area contributed by atoms with Gasteiger partial charge in [-0.3, -0.25) is 4.98 Å².